The number of ether oxygens (including phenoxy) is 2. The lowest BCUT2D eigenvalue weighted by Gasteiger charge is -2.15. The maximum absolute atomic E-state index is 13.1. The number of anilines is 2. The number of amides is 1. The van der Waals surface area contributed by atoms with Crippen LogP contribution in [0.5, 0.6) is 5.75 Å². The van der Waals surface area contributed by atoms with E-state index in [2.05, 4.69) is 10.0 Å². The molecule has 0 aliphatic carbocycles. The number of hydrogen-bond acceptors (Lipinski definition) is 6. The Hall–Kier alpha value is -3.56. The number of esters is 1. The molecule has 0 aliphatic rings. The van der Waals surface area contributed by atoms with Crippen LogP contribution >= 0.6 is 11.6 Å². The highest BCUT2D eigenvalue weighted by Crippen LogP contribution is 2.30. The van der Waals surface area contributed by atoms with Crippen LogP contribution in [-0.4, -0.2) is 34.0 Å². The molecule has 3 aromatic rings. The molecule has 0 bridgehead atoms. The number of benzene rings is 3. The van der Waals surface area contributed by atoms with Crippen molar-refractivity contribution in [1.29, 1.82) is 0 Å². The topological polar surface area (TPSA) is 111 Å². The van der Waals surface area contributed by atoms with Gasteiger partial charge in [0.1, 0.15) is 5.75 Å². The van der Waals surface area contributed by atoms with Crippen LogP contribution in [0.3, 0.4) is 0 Å². The van der Waals surface area contributed by atoms with Gasteiger partial charge in [-0.1, -0.05) is 29.8 Å². The second-order valence-corrected chi connectivity index (χ2v) is 8.82. The molecule has 2 N–H and O–H groups in total. The number of carbonyl (C=O) groups excluding carboxylic acids is 2. The second-order valence-electron chi connectivity index (χ2n) is 6.70. The Bertz CT molecular complexity index is 1290. The Morgan fingerprint density at radius 2 is 1.73 bits per heavy atom. The highest BCUT2D eigenvalue weighted by atomic mass is 35.5. The minimum Gasteiger partial charge on any atom is -0.492 e. The summed E-state index contributed by atoms with van der Waals surface area (Å²) in [6.07, 6.45) is 0. The van der Waals surface area contributed by atoms with Gasteiger partial charge in [0.15, 0.2) is 0 Å². The standard InChI is InChI=1S/C23H21ClN2O6S/c1-3-32-21-12-11-17(14-20(21)25-22(27)15-7-6-8-16(24)13-15)33(29,30)26-19-10-5-4-9-18(19)23(28)31-2/h4-14,26H,3H2,1-2H3,(H,25,27). The maximum Gasteiger partial charge on any atom is 0.339 e. The highest BCUT2D eigenvalue weighted by molar-refractivity contribution is 7.92. The monoisotopic (exact) mass is 488 g/mol. The first-order valence-electron chi connectivity index (χ1n) is 9.79. The minimum absolute atomic E-state index is 0.0581. The molecule has 33 heavy (non-hydrogen) atoms. The first-order chi connectivity index (χ1) is 15.7. The summed E-state index contributed by atoms with van der Waals surface area (Å²) < 4.78 is 38.7. The fourth-order valence-corrected chi connectivity index (χ4v) is 4.24. The molecule has 0 saturated heterocycles. The van der Waals surface area contributed by atoms with Crippen molar-refractivity contribution in [1.82, 2.24) is 0 Å². The van der Waals surface area contributed by atoms with Crippen LogP contribution in [0.15, 0.2) is 71.6 Å². The van der Waals surface area contributed by atoms with E-state index in [1.54, 1.807) is 37.3 Å². The first-order valence-corrected chi connectivity index (χ1v) is 11.6. The summed E-state index contributed by atoms with van der Waals surface area (Å²) in [6, 6.07) is 16.4. The molecule has 0 atom stereocenters. The fourth-order valence-electron chi connectivity index (χ4n) is 2.94. The normalized spacial score (nSPS) is 10.9. The van der Waals surface area contributed by atoms with E-state index in [-0.39, 0.29) is 21.8 Å². The molecule has 0 radical (unpaired) electrons. The van der Waals surface area contributed by atoms with E-state index in [0.29, 0.717) is 22.9 Å². The van der Waals surface area contributed by atoms with E-state index in [1.807, 2.05) is 0 Å². The number of methoxy groups -OCH3 is 1. The van der Waals surface area contributed by atoms with Gasteiger partial charge in [-0.2, -0.15) is 0 Å². The summed E-state index contributed by atoms with van der Waals surface area (Å²) in [5, 5.41) is 3.05. The highest BCUT2D eigenvalue weighted by Gasteiger charge is 2.21. The Balaban J connectivity index is 1.95. The molecule has 0 unspecified atom stereocenters. The van der Waals surface area contributed by atoms with Crippen LogP contribution in [0.1, 0.15) is 27.6 Å². The summed E-state index contributed by atoms with van der Waals surface area (Å²) >= 11 is 5.96. The smallest absolute Gasteiger partial charge is 0.339 e. The van der Waals surface area contributed by atoms with E-state index in [1.165, 1.54) is 43.5 Å². The van der Waals surface area contributed by atoms with Gasteiger partial charge < -0.3 is 14.8 Å². The van der Waals surface area contributed by atoms with Crippen LogP contribution < -0.4 is 14.8 Å². The average Bonchev–Trinajstić information content (AvgIpc) is 2.80. The van der Waals surface area contributed by atoms with Crippen molar-refractivity contribution in [3.8, 4) is 5.75 Å². The van der Waals surface area contributed by atoms with Gasteiger partial charge >= 0.3 is 5.97 Å². The van der Waals surface area contributed by atoms with Crippen LogP contribution in [-0.2, 0) is 14.8 Å². The second kappa shape index (κ2) is 10.4. The molecule has 172 valence electrons. The first kappa shape index (κ1) is 24.1. The van der Waals surface area contributed by atoms with E-state index >= 15 is 0 Å². The van der Waals surface area contributed by atoms with Gasteiger partial charge in [0.2, 0.25) is 0 Å². The van der Waals surface area contributed by atoms with Gasteiger partial charge in [0, 0.05) is 10.6 Å². The number of halogens is 1. The van der Waals surface area contributed by atoms with Crippen LogP contribution in [0.25, 0.3) is 0 Å². The Morgan fingerprint density at radius 3 is 2.42 bits per heavy atom. The molecule has 0 spiro atoms. The van der Waals surface area contributed by atoms with Crippen molar-refractivity contribution in [3.63, 3.8) is 0 Å². The maximum atomic E-state index is 13.1. The Morgan fingerprint density at radius 1 is 0.970 bits per heavy atom. The number of nitrogens with one attached hydrogen (secondary N) is 2. The van der Waals surface area contributed by atoms with Crippen molar-refractivity contribution >= 4 is 44.9 Å². The molecule has 3 aromatic carbocycles. The Labute approximate surface area is 196 Å². The molecular weight excluding hydrogens is 468 g/mol. The molecule has 0 saturated carbocycles. The van der Waals surface area contributed by atoms with Gasteiger partial charge in [-0.05, 0) is 55.5 Å². The van der Waals surface area contributed by atoms with Gasteiger partial charge in [0.25, 0.3) is 15.9 Å². The zero-order chi connectivity index (χ0) is 24.0. The minimum atomic E-state index is -4.12. The van der Waals surface area contributed by atoms with E-state index in [9.17, 15) is 18.0 Å². The zero-order valence-corrected chi connectivity index (χ0v) is 19.4. The van der Waals surface area contributed by atoms with Crippen LogP contribution in [0.4, 0.5) is 11.4 Å². The molecule has 0 aliphatic heterocycles. The molecule has 1 amide bonds. The predicted octanol–water partition coefficient (Wildman–Crippen LogP) is 4.58. The molecule has 8 nitrogen and oxygen atoms in total. The number of hydrogen-bond donors (Lipinski definition) is 2. The quantitative estimate of drug-likeness (QED) is 0.449. The third-order valence-corrected chi connectivity index (χ3v) is 6.07. The SMILES string of the molecule is CCOc1ccc(S(=O)(=O)Nc2ccccc2C(=O)OC)cc1NC(=O)c1cccc(Cl)c1. The summed E-state index contributed by atoms with van der Waals surface area (Å²) in [6.45, 7) is 2.06. The van der Waals surface area contributed by atoms with E-state index in [0.717, 1.165) is 0 Å². The molecule has 0 fully saturated rings. The largest absolute Gasteiger partial charge is 0.492 e. The summed E-state index contributed by atoms with van der Waals surface area (Å²) in [4.78, 5) is 24.5. The number of rotatable bonds is 8. The van der Waals surface area contributed by atoms with Crippen molar-refractivity contribution in [2.75, 3.05) is 23.8 Å². The molecule has 0 aromatic heterocycles. The molecule has 3 rings (SSSR count). The van der Waals surface area contributed by atoms with Gasteiger partial charge in [-0.15, -0.1) is 0 Å². The van der Waals surface area contributed by atoms with Crippen LogP contribution in [0, 0.1) is 0 Å². The molecule has 0 heterocycles. The van der Waals surface area contributed by atoms with Crippen molar-refractivity contribution in [2.24, 2.45) is 0 Å². The lowest BCUT2D eigenvalue weighted by Crippen LogP contribution is -2.17. The number of sulfonamides is 1. The lowest BCUT2D eigenvalue weighted by atomic mass is 10.2. The third-order valence-electron chi connectivity index (χ3n) is 4.47. The zero-order valence-electron chi connectivity index (χ0n) is 17.8. The van der Waals surface area contributed by atoms with E-state index in [4.69, 9.17) is 21.1 Å². The predicted molar refractivity (Wildman–Crippen MR) is 126 cm³/mol. The van der Waals surface area contributed by atoms with Crippen molar-refractivity contribution in [3.05, 3.63) is 82.9 Å². The average molecular weight is 489 g/mol. The van der Waals surface area contributed by atoms with Gasteiger partial charge in [0.05, 0.1) is 35.6 Å². The lowest BCUT2D eigenvalue weighted by molar-refractivity contribution is 0.0602. The number of carbonyl (C=O) groups is 2. The summed E-state index contributed by atoms with van der Waals surface area (Å²) in [7, 11) is -2.92. The number of para-hydroxylation sites is 1. The van der Waals surface area contributed by atoms with E-state index < -0.39 is 21.9 Å². The Kier molecular flexibility index (Phi) is 7.57. The summed E-state index contributed by atoms with van der Waals surface area (Å²) in [5.74, 6) is -0.881. The van der Waals surface area contributed by atoms with Gasteiger partial charge in [-0.3, -0.25) is 9.52 Å². The third kappa shape index (κ3) is 5.82. The van der Waals surface area contributed by atoms with Crippen molar-refractivity contribution in [2.45, 2.75) is 11.8 Å². The van der Waals surface area contributed by atoms with Crippen LogP contribution in [0.2, 0.25) is 5.02 Å². The molecular formula is C23H21ClN2O6S. The fraction of sp³-hybridized carbons (Fsp3) is 0.130. The van der Waals surface area contributed by atoms with Crippen molar-refractivity contribution < 1.29 is 27.5 Å². The summed E-state index contributed by atoms with van der Waals surface area (Å²) in [5.41, 5.74) is 0.570. The molecule has 10 heteroatoms. The van der Waals surface area contributed by atoms with Gasteiger partial charge in [-0.25, -0.2) is 13.2 Å².